The number of amides is 1. The number of piperazine rings is 1. The molecule has 0 spiro atoms. The molecule has 2 atom stereocenters. The molecule has 0 radical (unpaired) electrons. The van der Waals surface area contributed by atoms with Crippen molar-refractivity contribution in [3.8, 4) is 0 Å². The van der Waals surface area contributed by atoms with Gasteiger partial charge < -0.3 is 10.6 Å². The van der Waals surface area contributed by atoms with E-state index in [0.717, 1.165) is 57.0 Å². The predicted octanol–water partition coefficient (Wildman–Crippen LogP) is 2.36. The summed E-state index contributed by atoms with van der Waals surface area (Å²) in [6, 6.07) is 8.01. The third kappa shape index (κ3) is 4.06. The summed E-state index contributed by atoms with van der Waals surface area (Å²) in [4.78, 5) is 17.2. The Morgan fingerprint density at radius 1 is 1.22 bits per heavy atom. The Balaban J connectivity index is 1.51. The van der Waals surface area contributed by atoms with E-state index in [2.05, 4.69) is 11.0 Å². The van der Waals surface area contributed by atoms with E-state index in [1.165, 1.54) is 5.56 Å². The Bertz CT molecular complexity index is 543. The van der Waals surface area contributed by atoms with Crippen LogP contribution >= 0.6 is 11.6 Å². The second-order valence-corrected chi connectivity index (χ2v) is 7.20. The van der Waals surface area contributed by atoms with Crippen molar-refractivity contribution < 1.29 is 4.79 Å². The van der Waals surface area contributed by atoms with Gasteiger partial charge in [-0.3, -0.25) is 9.69 Å². The molecule has 1 aliphatic carbocycles. The molecule has 4 nitrogen and oxygen atoms in total. The van der Waals surface area contributed by atoms with Crippen LogP contribution in [-0.4, -0.2) is 48.4 Å². The Labute approximate surface area is 143 Å². The first kappa shape index (κ1) is 16.7. The van der Waals surface area contributed by atoms with Crippen molar-refractivity contribution in [3.63, 3.8) is 0 Å². The molecule has 5 heteroatoms. The number of benzene rings is 1. The molecule has 2 N–H and O–H groups in total. The molecule has 2 fully saturated rings. The molecule has 126 valence electrons. The van der Waals surface area contributed by atoms with Crippen LogP contribution < -0.4 is 5.73 Å². The van der Waals surface area contributed by atoms with E-state index < -0.39 is 0 Å². The lowest BCUT2D eigenvalue weighted by molar-refractivity contribution is -0.138. The second kappa shape index (κ2) is 7.65. The van der Waals surface area contributed by atoms with Gasteiger partial charge in [0, 0.05) is 43.7 Å². The quantitative estimate of drug-likeness (QED) is 0.919. The summed E-state index contributed by atoms with van der Waals surface area (Å²) in [5, 5.41) is 0.783. The molecule has 0 aromatic heterocycles. The van der Waals surface area contributed by atoms with Gasteiger partial charge in [0.25, 0.3) is 0 Å². The van der Waals surface area contributed by atoms with Crippen molar-refractivity contribution in [2.45, 2.75) is 25.8 Å². The summed E-state index contributed by atoms with van der Waals surface area (Å²) in [5.74, 6) is 0.895. The third-order valence-electron chi connectivity index (χ3n) is 5.26. The van der Waals surface area contributed by atoms with Gasteiger partial charge in [0.15, 0.2) is 0 Å². The highest BCUT2D eigenvalue weighted by atomic mass is 35.5. The van der Waals surface area contributed by atoms with Crippen LogP contribution in [0.5, 0.6) is 0 Å². The molecular weight excluding hydrogens is 310 g/mol. The van der Waals surface area contributed by atoms with Crippen LogP contribution in [0.4, 0.5) is 0 Å². The molecule has 1 saturated carbocycles. The minimum Gasteiger partial charge on any atom is -0.340 e. The number of rotatable bonds is 4. The molecule has 1 aromatic rings. The van der Waals surface area contributed by atoms with Crippen LogP contribution in [0.2, 0.25) is 5.02 Å². The smallest absolute Gasteiger partial charge is 0.226 e. The van der Waals surface area contributed by atoms with Gasteiger partial charge in [0.05, 0.1) is 0 Å². The molecule has 3 rings (SSSR count). The highest BCUT2D eigenvalue weighted by Crippen LogP contribution is 2.32. The number of nitrogens with two attached hydrogens (primary N) is 1. The summed E-state index contributed by atoms with van der Waals surface area (Å²) < 4.78 is 0. The molecule has 1 amide bonds. The number of halogens is 1. The van der Waals surface area contributed by atoms with Crippen LogP contribution in [0.3, 0.4) is 0 Å². The lowest BCUT2D eigenvalue weighted by atomic mass is 9.94. The van der Waals surface area contributed by atoms with Crippen molar-refractivity contribution in [3.05, 3.63) is 34.9 Å². The summed E-state index contributed by atoms with van der Waals surface area (Å²) in [6.07, 6.45) is 3.28. The molecule has 2 aliphatic rings. The third-order valence-corrected chi connectivity index (χ3v) is 5.49. The van der Waals surface area contributed by atoms with Crippen molar-refractivity contribution >= 4 is 17.5 Å². The zero-order valence-electron chi connectivity index (χ0n) is 13.6. The van der Waals surface area contributed by atoms with Gasteiger partial charge in [0.1, 0.15) is 0 Å². The fraction of sp³-hybridized carbons (Fsp3) is 0.611. The van der Waals surface area contributed by atoms with Gasteiger partial charge in [-0.1, -0.05) is 30.2 Å². The Morgan fingerprint density at radius 2 is 2.00 bits per heavy atom. The van der Waals surface area contributed by atoms with Gasteiger partial charge in [-0.15, -0.1) is 0 Å². The van der Waals surface area contributed by atoms with Gasteiger partial charge in [-0.05, 0) is 43.0 Å². The Morgan fingerprint density at radius 3 is 2.70 bits per heavy atom. The topological polar surface area (TPSA) is 49.6 Å². The van der Waals surface area contributed by atoms with E-state index in [1.807, 2.05) is 23.1 Å². The molecular formula is C18H26ClN3O. The average molecular weight is 336 g/mol. The number of carbonyl (C=O) groups is 1. The maximum absolute atomic E-state index is 12.7. The standard InChI is InChI=1S/C18H26ClN3O/c19-16-5-1-3-14(11-16)13-21-7-9-22(10-8-21)18(23)17-6-2-4-15(17)12-20/h1,3,5,11,15,17H,2,4,6-10,12-13,20H2/t15-,17-/m1/s1. The number of hydrogen-bond donors (Lipinski definition) is 1. The molecule has 0 unspecified atom stereocenters. The van der Waals surface area contributed by atoms with Crippen molar-refractivity contribution in [1.29, 1.82) is 0 Å². The minimum absolute atomic E-state index is 0.166. The zero-order valence-corrected chi connectivity index (χ0v) is 14.3. The fourth-order valence-electron chi connectivity index (χ4n) is 3.90. The predicted molar refractivity (Wildman–Crippen MR) is 93.2 cm³/mol. The average Bonchev–Trinajstić information content (AvgIpc) is 3.03. The Hall–Kier alpha value is -1.10. The lowest BCUT2D eigenvalue weighted by Gasteiger charge is -2.36. The molecule has 1 saturated heterocycles. The molecule has 1 aromatic carbocycles. The zero-order chi connectivity index (χ0) is 16.2. The first-order chi connectivity index (χ1) is 11.2. The summed E-state index contributed by atoms with van der Waals surface area (Å²) in [6.45, 7) is 5.06. The van der Waals surface area contributed by atoms with Crippen LogP contribution in [0.15, 0.2) is 24.3 Å². The minimum atomic E-state index is 0.166. The van der Waals surface area contributed by atoms with Crippen LogP contribution in [0, 0.1) is 11.8 Å². The maximum Gasteiger partial charge on any atom is 0.226 e. The van der Waals surface area contributed by atoms with Crippen LogP contribution in [-0.2, 0) is 11.3 Å². The van der Waals surface area contributed by atoms with Crippen LogP contribution in [0.25, 0.3) is 0 Å². The van der Waals surface area contributed by atoms with Crippen LogP contribution in [0.1, 0.15) is 24.8 Å². The first-order valence-corrected chi connectivity index (χ1v) is 9.01. The second-order valence-electron chi connectivity index (χ2n) is 6.76. The van der Waals surface area contributed by atoms with Gasteiger partial charge in [0.2, 0.25) is 5.91 Å². The monoisotopic (exact) mass is 335 g/mol. The van der Waals surface area contributed by atoms with Gasteiger partial charge in [-0.25, -0.2) is 0 Å². The highest BCUT2D eigenvalue weighted by molar-refractivity contribution is 6.30. The lowest BCUT2D eigenvalue weighted by Crippen LogP contribution is -2.50. The Kier molecular flexibility index (Phi) is 5.57. The van der Waals surface area contributed by atoms with Gasteiger partial charge in [-0.2, -0.15) is 0 Å². The molecule has 1 heterocycles. The highest BCUT2D eigenvalue weighted by Gasteiger charge is 2.35. The number of nitrogens with zero attached hydrogens (tertiary/aromatic N) is 2. The number of carbonyl (C=O) groups excluding carboxylic acids is 1. The van der Waals surface area contributed by atoms with E-state index in [9.17, 15) is 4.79 Å². The first-order valence-electron chi connectivity index (χ1n) is 8.63. The fourth-order valence-corrected chi connectivity index (χ4v) is 4.11. The molecule has 0 bridgehead atoms. The maximum atomic E-state index is 12.7. The molecule has 23 heavy (non-hydrogen) atoms. The molecule has 1 aliphatic heterocycles. The normalized spacial score (nSPS) is 25.7. The van der Waals surface area contributed by atoms with Crippen molar-refractivity contribution in [2.75, 3.05) is 32.7 Å². The van der Waals surface area contributed by atoms with E-state index in [1.54, 1.807) is 0 Å². The van der Waals surface area contributed by atoms with Gasteiger partial charge >= 0.3 is 0 Å². The number of hydrogen-bond acceptors (Lipinski definition) is 3. The van der Waals surface area contributed by atoms with E-state index >= 15 is 0 Å². The van der Waals surface area contributed by atoms with E-state index in [4.69, 9.17) is 17.3 Å². The van der Waals surface area contributed by atoms with Crippen molar-refractivity contribution in [2.24, 2.45) is 17.6 Å². The summed E-state index contributed by atoms with van der Waals surface area (Å²) >= 11 is 6.05. The van der Waals surface area contributed by atoms with E-state index in [-0.39, 0.29) is 5.92 Å². The summed E-state index contributed by atoms with van der Waals surface area (Å²) in [5.41, 5.74) is 7.05. The van der Waals surface area contributed by atoms with E-state index in [0.29, 0.717) is 18.4 Å². The SMILES string of the molecule is NC[C@H]1CCC[C@H]1C(=O)N1CCN(Cc2cccc(Cl)c2)CC1. The summed E-state index contributed by atoms with van der Waals surface area (Å²) in [7, 11) is 0. The largest absolute Gasteiger partial charge is 0.340 e. The van der Waals surface area contributed by atoms with Crippen molar-refractivity contribution in [1.82, 2.24) is 9.80 Å².